The summed E-state index contributed by atoms with van der Waals surface area (Å²) in [6.07, 6.45) is -0.159. The van der Waals surface area contributed by atoms with Crippen molar-refractivity contribution in [1.29, 1.82) is 0 Å². The average molecular weight is 434 g/mol. The fourth-order valence-corrected chi connectivity index (χ4v) is 3.72. The summed E-state index contributed by atoms with van der Waals surface area (Å²) in [6.45, 7) is 0. The van der Waals surface area contributed by atoms with Crippen molar-refractivity contribution in [2.45, 2.75) is 12.7 Å². The number of ether oxygens (including phenoxy) is 2. The number of carbonyl (C=O) groups is 1. The highest BCUT2D eigenvalue weighted by Crippen LogP contribution is 2.41. The Bertz CT molecular complexity index is 1190. The lowest BCUT2D eigenvalue weighted by molar-refractivity contribution is -0.286. The van der Waals surface area contributed by atoms with Crippen molar-refractivity contribution in [3.8, 4) is 22.9 Å². The summed E-state index contributed by atoms with van der Waals surface area (Å²) < 4.78 is 37.2. The Morgan fingerprint density at radius 3 is 2.80 bits per heavy atom. The number of pyridine rings is 1. The van der Waals surface area contributed by atoms with E-state index in [-0.39, 0.29) is 17.2 Å². The minimum atomic E-state index is -3.73. The monoisotopic (exact) mass is 434 g/mol. The molecule has 2 aromatic heterocycles. The summed E-state index contributed by atoms with van der Waals surface area (Å²) in [4.78, 5) is 22.8. The van der Waals surface area contributed by atoms with Gasteiger partial charge >= 0.3 is 12.3 Å². The Morgan fingerprint density at radius 2 is 2.07 bits per heavy atom. The van der Waals surface area contributed by atoms with Crippen molar-refractivity contribution >= 4 is 17.4 Å². The van der Waals surface area contributed by atoms with Gasteiger partial charge in [-0.3, -0.25) is 9.55 Å². The molecule has 1 aliphatic rings. The van der Waals surface area contributed by atoms with Crippen molar-refractivity contribution in [1.82, 2.24) is 14.5 Å². The normalized spacial score (nSPS) is 14.7. The second-order valence-electron chi connectivity index (χ2n) is 6.58. The fourth-order valence-electron chi connectivity index (χ4n) is 2.74. The molecule has 0 saturated heterocycles. The minimum Gasteiger partial charge on any atom is -0.506 e. The van der Waals surface area contributed by atoms with Crippen molar-refractivity contribution in [2.24, 2.45) is 4.99 Å². The zero-order valence-electron chi connectivity index (χ0n) is 15.9. The van der Waals surface area contributed by atoms with Crippen LogP contribution in [0.5, 0.6) is 17.2 Å². The molecule has 2 amide bonds. The maximum Gasteiger partial charge on any atom is 0.586 e. The molecule has 0 saturated carbocycles. The van der Waals surface area contributed by atoms with E-state index in [0.717, 1.165) is 4.88 Å². The number of hydrogen-bond acceptors (Lipinski definition) is 6. The minimum absolute atomic E-state index is 0.0469. The van der Waals surface area contributed by atoms with Gasteiger partial charge in [-0.1, -0.05) is 0 Å². The summed E-state index contributed by atoms with van der Waals surface area (Å²) in [6, 6.07) is 6.96. The molecule has 0 radical (unpaired) electrons. The van der Waals surface area contributed by atoms with Gasteiger partial charge in [-0.15, -0.1) is 20.1 Å². The summed E-state index contributed by atoms with van der Waals surface area (Å²) in [7, 11) is 3.14. The van der Waals surface area contributed by atoms with Gasteiger partial charge in [0.1, 0.15) is 5.75 Å². The molecule has 4 rings (SSSR count). The zero-order valence-corrected chi connectivity index (χ0v) is 16.7. The predicted molar refractivity (Wildman–Crippen MR) is 103 cm³/mol. The molecule has 0 fully saturated rings. The highest BCUT2D eigenvalue weighted by molar-refractivity contribution is 7.09. The molecule has 0 aliphatic carbocycles. The van der Waals surface area contributed by atoms with Gasteiger partial charge in [0.05, 0.1) is 11.4 Å². The van der Waals surface area contributed by atoms with Crippen LogP contribution in [0.2, 0.25) is 0 Å². The number of nitrogens with zero attached hydrogens (tertiary/aromatic N) is 4. The summed E-state index contributed by atoms with van der Waals surface area (Å²) in [5.41, 5.74) is 0.912. The lowest BCUT2D eigenvalue weighted by atomic mass is 10.2. The maximum atomic E-state index is 13.3. The van der Waals surface area contributed by atoms with Crippen LogP contribution in [0, 0.1) is 0 Å². The van der Waals surface area contributed by atoms with Crippen LogP contribution in [-0.4, -0.2) is 46.0 Å². The molecule has 156 valence electrons. The third-order valence-corrected chi connectivity index (χ3v) is 5.13. The van der Waals surface area contributed by atoms with E-state index < -0.39 is 12.3 Å². The van der Waals surface area contributed by atoms with E-state index >= 15 is 0 Å². The second-order valence-corrected chi connectivity index (χ2v) is 7.68. The van der Waals surface area contributed by atoms with Crippen LogP contribution in [0.15, 0.2) is 47.7 Å². The van der Waals surface area contributed by atoms with E-state index in [2.05, 4.69) is 19.5 Å². The molecule has 11 heteroatoms. The molecular weight excluding hydrogens is 418 g/mol. The number of fused-ring (bicyclic) bond motifs is 1. The third kappa shape index (κ3) is 3.96. The number of urea groups is 1. The van der Waals surface area contributed by atoms with Crippen LogP contribution >= 0.6 is 11.3 Å². The molecule has 1 aromatic carbocycles. The highest BCUT2D eigenvalue weighted by Gasteiger charge is 2.43. The van der Waals surface area contributed by atoms with Crippen molar-refractivity contribution in [2.75, 3.05) is 14.1 Å². The Hall–Kier alpha value is -3.47. The van der Waals surface area contributed by atoms with E-state index in [1.165, 1.54) is 34.4 Å². The van der Waals surface area contributed by atoms with Crippen LogP contribution in [-0.2, 0) is 6.42 Å². The molecule has 3 heterocycles. The number of hydrogen-bond donors (Lipinski definition) is 1. The van der Waals surface area contributed by atoms with E-state index in [1.807, 2.05) is 0 Å². The average Bonchev–Trinajstić information content (AvgIpc) is 3.21. The standard InChI is InChI=1S/C19H16F2N4O4S/c1-24(2)17(27)23-18-25(10-12(30-18)9-13-14(26)4-3-7-22-13)11-5-6-15-16(8-11)29-19(20,21)28-15/h3-8,10,26H,9H2,1-2H3/b23-18-. The largest absolute Gasteiger partial charge is 0.586 e. The first-order valence-electron chi connectivity index (χ1n) is 8.72. The lowest BCUT2D eigenvalue weighted by Crippen LogP contribution is -2.26. The Labute approximate surface area is 173 Å². The first-order chi connectivity index (χ1) is 14.2. The van der Waals surface area contributed by atoms with Gasteiger partial charge in [0.15, 0.2) is 16.3 Å². The quantitative estimate of drug-likeness (QED) is 0.684. The van der Waals surface area contributed by atoms with Crippen molar-refractivity contribution < 1.29 is 28.2 Å². The summed E-state index contributed by atoms with van der Waals surface area (Å²) >= 11 is 1.21. The van der Waals surface area contributed by atoms with Crippen LogP contribution in [0.3, 0.4) is 0 Å². The number of carbonyl (C=O) groups excluding carboxylic acids is 1. The highest BCUT2D eigenvalue weighted by atomic mass is 32.1. The molecule has 0 bridgehead atoms. The van der Waals surface area contributed by atoms with E-state index in [4.69, 9.17) is 0 Å². The number of aromatic hydroxyl groups is 1. The number of aromatic nitrogens is 2. The first kappa shape index (κ1) is 19.8. The molecule has 0 atom stereocenters. The van der Waals surface area contributed by atoms with E-state index in [1.54, 1.807) is 43.2 Å². The molecule has 1 aliphatic heterocycles. The van der Waals surface area contributed by atoms with E-state index in [0.29, 0.717) is 22.6 Å². The summed E-state index contributed by atoms with van der Waals surface area (Å²) in [5, 5.41) is 9.99. The van der Waals surface area contributed by atoms with Crippen molar-refractivity contribution in [3.05, 3.63) is 58.1 Å². The predicted octanol–water partition coefficient (Wildman–Crippen LogP) is 3.13. The van der Waals surface area contributed by atoms with Crippen LogP contribution in [0.25, 0.3) is 5.69 Å². The van der Waals surface area contributed by atoms with Gasteiger partial charge in [-0.05, 0) is 24.3 Å². The Morgan fingerprint density at radius 1 is 1.30 bits per heavy atom. The van der Waals surface area contributed by atoms with Gasteiger partial charge in [0, 0.05) is 43.9 Å². The topological polar surface area (TPSA) is 89.2 Å². The molecule has 0 unspecified atom stereocenters. The first-order valence-corrected chi connectivity index (χ1v) is 9.54. The second kappa shape index (κ2) is 7.41. The zero-order chi connectivity index (χ0) is 21.5. The number of thiazole rings is 1. The molecule has 8 nitrogen and oxygen atoms in total. The van der Waals surface area contributed by atoms with Crippen LogP contribution in [0.1, 0.15) is 10.6 Å². The van der Waals surface area contributed by atoms with Gasteiger partial charge in [0.25, 0.3) is 0 Å². The maximum absolute atomic E-state index is 13.3. The van der Waals surface area contributed by atoms with Crippen molar-refractivity contribution in [3.63, 3.8) is 0 Å². The Balaban J connectivity index is 1.78. The molecular formula is C19H16F2N4O4S. The number of amides is 2. The molecule has 1 N–H and O–H groups in total. The summed E-state index contributed by atoms with van der Waals surface area (Å²) in [5.74, 6) is -0.156. The number of benzene rings is 1. The fraction of sp³-hybridized carbons (Fsp3) is 0.211. The smallest absolute Gasteiger partial charge is 0.506 e. The number of halogens is 2. The van der Waals surface area contributed by atoms with E-state index in [9.17, 15) is 18.7 Å². The number of alkyl halides is 2. The number of rotatable bonds is 3. The van der Waals surface area contributed by atoms with Gasteiger partial charge < -0.3 is 19.5 Å². The van der Waals surface area contributed by atoms with Crippen LogP contribution in [0.4, 0.5) is 13.6 Å². The van der Waals surface area contributed by atoms with Gasteiger partial charge in [-0.2, -0.15) is 4.99 Å². The molecule has 0 spiro atoms. The Kier molecular flexibility index (Phi) is 4.90. The van der Waals surface area contributed by atoms with Gasteiger partial charge in [0.2, 0.25) is 0 Å². The molecule has 3 aromatic rings. The lowest BCUT2D eigenvalue weighted by Gasteiger charge is -2.06. The molecule has 30 heavy (non-hydrogen) atoms. The SMILES string of the molecule is CN(C)C(=O)/N=c1\sc(Cc2ncccc2O)cn1-c1ccc2c(c1)OC(F)(F)O2. The van der Waals surface area contributed by atoms with Gasteiger partial charge in [-0.25, -0.2) is 4.79 Å². The van der Waals surface area contributed by atoms with Crippen LogP contribution < -0.4 is 14.3 Å². The third-order valence-electron chi connectivity index (χ3n) is 4.15.